The van der Waals surface area contributed by atoms with E-state index in [1.54, 1.807) is 0 Å². The monoisotopic (exact) mass is 382 g/mol. The Hall–Kier alpha value is -0.840. The number of halogens is 2. The summed E-state index contributed by atoms with van der Waals surface area (Å²) in [5, 5.41) is 0. The number of nitrogens with zero attached hydrogens (tertiary/aromatic N) is 2. The van der Waals surface area contributed by atoms with E-state index in [1.165, 1.54) is 9.75 Å². The van der Waals surface area contributed by atoms with Gasteiger partial charge in [0, 0.05) is 26.5 Å². The molecule has 0 bridgehead atoms. The summed E-state index contributed by atoms with van der Waals surface area (Å²) in [7, 11) is 0. The molecule has 0 saturated heterocycles. The lowest BCUT2D eigenvalue weighted by Gasteiger charge is -2.16. The molecule has 2 aromatic heterocycles. The molecule has 0 N–H and O–H groups in total. The molecule has 1 aromatic carbocycles. The molecule has 1 unspecified atom stereocenters. The molecule has 110 valence electrons. The van der Waals surface area contributed by atoms with Crippen LogP contribution in [0.25, 0.3) is 11.0 Å². The third-order valence-corrected chi connectivity index (χ3v) is 5.46. The molecular formula is C16H16BrClN2S. The molecular weight excluding hydrogens is 368 g/mol. The van der Waals surface area contributed by atoms with Gasteiger partial charge in [-0.05, 0) is 44.2 Å². The van der Waals surface area contributed by atoms with E-state index in [1.807, 2.05) is 17.4 Å². The Labute approximate surface area is 141 Å². The van der Waals surface area contributed by atoms with E-state index in [4.69, 9.17) is 16.6 Å². The van der Waals surface area contributed by atoms with Gasteiger partial charge in [0.25, 0.3) is 0 Å². The molecule has 5 heteroatoms. The van der Waals surface area contributed by atoms with Gasteiger partial charge in [-0.25, -0.2) is 4.98 Å². The summed E-state index contributed by atoms with van der Waals surface area (Å²) in [6.07, 6.45) is 0.780. The second-order valence-corrected chi connectivity index (χ2v) is 7.71. The van der Waals surface area contributed by atoms with Crippen LogP contribution >= 0.6 is 38.9 Å². The van der Waals surface area contributed by atoms with Crippen molar-refractivity contribution in [2.45, 2.75) is 26.3 Å². The smallest absolute Gasteiger partial charge is 0.111 e. The van der Waals surface area contributed by atoms with E-state index < -0.39 is 0 Å². The van der Waals surface area contributed by atoms with Gasteiger partial charge in [0.05, 0.1) is 17.1 Å². The van der Waals surface area contributed by atoms with Crippen molar-refractivity contribution in [2.24, 2.45) is 0 Å². The highest BCUT2D eigenvalue weighted by Crippen LogP contribution is 2.31. The lowest BCUT2D eigenvalue weighted by molar-refractivity contribution is 0.633. The standard InChI is InChI=1S/C16H16BrClN2S/c1-10-3-6-15(21-10)11(2)20-14-9-12(17)4-5-13(14)19-16(20)7-8-18/h3-6,9,11H,7-8H2,1-2H3. The van der Waals surface area contributed by atoms with E-state index in [0.29, 0.717) is 5.88 Å². The molecule has 3 aromatic rings. The maximum Gasteiger partial charge on any atom is 0.111 e. The fraction of sp³-hybridized carbons (Fsp3) is 0.312. The third-order valence-electron chi connectivity index (χ3n) is 3.60. The van der Waals surface area contributed by atoms with Crippen LogP contribution < -0.4 is 0 Å². The van der Waals surface area contributed by atoms with Gasteiger partial charge in [-0.3, -0.25) is 0 Å². The predicted octanol–water partition coefficient (Wildman–Crippen LogP) is 5.56. The highest BCUT2D eigenvalue weighted by molar-refractivity contribution is 9.10. The van der Waals surface area contributed by atoms with Gasteiger partial charge < -0.3 is 4.57 Å². The summed E-state index contributed by atoms with van der Waals surface area (Å²) in [5.74, 6) is 1.64. The summed E-state index contributed by atoms with van der Waals surface area (Å²) in [4.78, 5) is 7.44. The minimum atomic E-state index is 0.265. The Bertz CT molecular complexity index is 778. The van der Waals surface area contributed by atoms with Crippen molar-refractivity contribution in [3.63, 3.8) is 0 Å². The van der Waals surface area contributed by atoms with Gasteiger partial charge in [0.15, 0.2) is 0 Å². The first kappa shape index (κ1) is 15.1. The molecule has 0 spiro atoms. The zero-order chi connectivity index (χ0) is 15.0. The second-order valence-electron chi connectivity index (χ2n) is 5.09. The molecule has 0 aliphatic rings. The Morgan fingerprint density at radius 2 is 2.14 bits per heavy atom. The second kappa shape index (κ2) is 6.11. The van der Waals surface area contributed by atoms with Crippen LogP contribution in [-0.4, -0.2) is 15.4 Å². The van der Waals surface area contributed by atoms with Crippen LogP contribution in [0.4, 0.5) is 0 Å². The lowest BCUT2D eigenvalue weighted by Crippen LogP contribution is -2.10. The summed E-state index contributed by atoms with van der Waals surface area (Å²) in [5.41, 5.74) is 2.18. The summed E-state index contributed by atoms with van der Waals surface area (Å²) < 4.78 is 3.39. The predicted molar refractivity (Wildman–Crippen MR) is 94.7 cm³/mol. The lowest BCUT2D eigenvalue weighted by atomic mass is 10.2. The Morgan fingerprint density at radius 1 is 1.33 bits per heavy atom. The topological polar surface area (TPSA) is 17.8 Å². The highest BCUT2D eigenvalue weighted by atomic mass is 79.9. The van der Waals surface area contributed by atoms with Crippen molar-refractivity contribution in [1.29, 1.82) is 0 Å². The van der Waals surface area contributed by atoms with E-state index in [9.17, 15) is 0 Å². The van der Waals surface area contributed by atoms with Crippen molar-refractivity contribution in [3.05, 3.63) is 50.4 Å². The number of aromatic nitrogens is 2. The first-order valence-corrected chi connectivity index (χ1v) is 9.03. The Balaban J connectivity index is 2.18. The molecule has 2 nitrogen and oxygen atoms in total. The van der Waals surface area contributed by atoms with Crippen molar-refractivity contribution >= 4 is 49.9 Å². The number of hydrogen-bond acceptors (Lipinski definition) is 2. The van der Waals surface area contributed by atoms with E-state index in [-0.39, 0.29) is 6.04 Å². The number of aryl methyl sites for hydroxylation is 2. The molecule has 21 heavy (non-hydrogen) atoms. The fourth-order valence-corrected chi connectivity index (χ4v) is 4.05. The van der Waals surface area contributed by atoms with Crippen molar-refractivity contribution in [1.82, 2.24) is 9.55 Å². The molecule has 1 atom stereocenters. The van der Waals surface area contributed by atoms with Crippen LogP contribution in [0.5, 0.6) is 0 Å². The molecule has 2 heterocycles. The average molecular weight is 384 g/mol. The molecule has 0 radical (unpaired) electrons. The molecule has 0 aliphatic heterocycles. The molecule has 0 saturated carbocycles. The van der Waals surface area contributed by atoms with E-state index >= 15 is 0 Å². The Kier molecular flexibility index (Phi) is 4.38. The number of fused-ring (bicyclic) bond motifs is 1. The first-order chi connectivity index (χ1) is 10.1. The minimum Gasteiger partial charge on any atom is -0.320 e. The minimum absolute atomic E-state index is 0.265. The highest BCUT2D eigenvalue weighted by Gasteiger charge is 2.18. The zero-order valence-electron chi connectivity index (χ0n) is 11.9. The quantitative estimate of drug-likeness (QED) is 0.539. The molecule has 0 aliphatic carbocycles. The number of hydrogen-bond donors (Lipinski definition) is 0. The van der Waals surface area contributed by atoms with Crippen molar-refractivity contribution < 1.29 is 0 Å². The van der Waals surface area contributed by atoms with Gasteiger partial charge in [-0.15, -0.1) is 22.9 Å². The Morgan fingerprint density at radius 3 is 2.81 bits per heavy atom. The maximum atomic E-state index is 5.96. The summed E-state index contributed by atoms with van der Waals surface area (Å²) in [6.45, 7) is 4.37. The number of imidazole rings is 1. The third kappa shape index (κ3) is 2.89. The van der Waals surface area contributed by atoms with Crippen LogP contribution in [0.2, 0.25) is 0 Å². The first-order valence-electron chi connectivity index (χ1n) is 6.89. The van der Waals surface area contributed by atoms with Crippen LogP contribution in [0.1, 0.15) is 28.5 Å². The van der Waals surface area contributed by atoms with Gasteiger partial charge in [-0.2, -0.15) is 0 Å². The van der Waals surface area contributed by atoms with E-state index in [2.05, 4.69) is 58.6 Å². The van der Waals surface area contributed by atoms with Crippen molar-refractivity contribution in [2.75, 3.05) is 5.88 Å². The number of thiophene rings is 1. The van der Waals surface area contributed by atoms with Crippen LogP contribution in [0.3, 0.4) is 0 Å². The van der Waals surface area contributed by atoms with Crippen LogP contribution in [-0.2, 0) is 6.42 Å². The number of benzene rings is 1. The van der Waals surface area contributed by atoms with E-state index in [0.717, 1.165) is 27.8 Å². The van der Waals surface area contributed by atoms with Gasteiger partial charge in [-0.1, -0.05) is 15.9 Å². The number of rotatable bonds is 4. The van der Waals surface area contributed by atoms with Crippen LogP contribution in [0.15, 0.2) is 34.8 Å². The average Bonchev–Trinajstić information content (AvgIpc) is 3.02. The van der Waals surface area contributed by atoms with Crippen molar-refractivity contribution in [3.8, 4) is 0 Å². The van der Waals surface area contributed by atoms with Gasteiger partial charge in [0.2, 0.25) is 0 Å². The summed E-state index contributed by atoms with van der Waals surface area (Å²) in [6, 6.07) is 10.9. The fourth-order valence-electron chi connectivity index (χ4n) is 2.61. The maximum absolute atomic E-state index is 5.96. The number of alkyl halides is 1. The zero-order valence-corrected chi connectivity index (χ0v) is 15.1. The largest absolute Gasteiger partial charge is 0.320 e. The SMILES string of the molecule is Cc1ccc(C(C)n2c(CCCl)nc3ccc(Br)cc32)s1. The summed E-state index contributed by atoms with van der Waals surface area (Å²) >= 11 is 11.4. The molecule has 3 rings (SSSR count). The van der Waals surface area contributed by atoms with Gasteiger partial charge in [0.1, 0.15) is 5.82 Å². The van der Waals surface area contributed by atoms with Gasteiger partial charge >= 0.3 is 0 Å². The molecule has 0 amide bonds. The van der Waals surface area contributed by atoms with Crippen LogP contribution in [0, 0.1) is 6.92 Å². The normalized spacial score (nSPS) is 13.0. The molecule has 0 fully saturated rings.